The molecule has 0 aliphatic heterocycles. The smallest absolute Gasteiger partial charge is 0.543 e. The molecule has 0 rings (SSSR count). The minimum atomic E-state index is 0. The van der Waals surface area contributed by atoms with Crippen LogP contribution < -0.4 is 22.9 Å². The van der Waals surface area contributed by atoms with Crippen LogP contribution in [0.2, 0.25) is 0 Å². The van der Waals surface area contributed by atoms with Gasteiger partial charge in [0.2, 0.25) is 0 Å². The Labute approximate surface area is 107 Å². The van der Waals surface area contributed by atoms with E-state index >= 15 is 0 Å². The average molecular weight is 382 g/mol. The molecule has 0 aromatic heterocycles. The molecule has 0 unspecified atom stereocenters. The molecule has 4 amide bonds. The first-order valence-corrected chi connectivity index (χ1v) is 1.97. The van der Waals surface area contributed by atoms with E-state index in [2.05, 4.69) is 22.9 Å². The van der Waals surface area contributed by atoms with E-state index in [1.165, 1.54) is 0 Å². The molecule has 0 fully saturated rings. The second kappa shape index (κ2) is 154. The summed E-state index contributed by atoms with van der Waals surface area (Å²) in [7, 11) is 0. The van der Waals surface area contributed by atoms with Crippen LogP contribution in [0.25, 0.3) is 0 Å². The number of hydrogen-bond acceptors (Lipinski definition) is 4. The summed E-state index contributed by atoms with van der Waals surface area (Å²) in [4.78, 5) is 33.8. The van der Waals surface area contributed by atoms with Crippen LogP contribution in [0.1, 0.15) is 0 Å². The Morgan fingerprint density at radius 3 is 0.500 bits per heavy atom. The van der Waals surface area contributed by atoms with Crippen molar-refractivity contribution in [2.24, 2.45) is 22.9 Å². The van der Waals surface area contributed by atoms with E-state index in [4.69, 9.17) is 19.2 Å². The first-order chi connectivity index (χ1) is 5.66. The fourth-order valence-corrected chi connectivity index (χ4v) is 0. The van der Waals surface area contributed by atoms with Gasteiger partial charge >= 0.3 is 39.0 Å². The molecule has 0 aliphatic rings. The Morgan fingerprint density at radius 2 is 0.500 bits per heavy atom. The fourth-order valence-electron chi connectivity index (χ4n) is 0. The summed E-state index contributed by atoms with van der Waals surface area (Å²) < 4.78 is 0. The van der Waals surface area contributed by atoms with Crippen molar-refractivity contribution in [1.29, 1.82) is 0 Å². The maximum atomic E-state index is 8.46. The number of carbonyl (C=O) groups excluding carboxylic acids is 4. The molecule has 0 aromatic rings. The molecule has 86 valence electrons. The second-order valence-electron chi connectivity index (χ2n) is 0.471. The molecule has 0 aliphatic carbocycles. The zero-order chi connectivity index (χ0) is 10.8. The molecular weight excluding hydrogens is 374 g/mol. The maximum absolute atomic E-state index is 8.46. The van der Waals surface area contributed by atoms with Crippen molar-refractivity contribution in [3.05, 3.63) is 0 Å². The predicted molar refractivity (Wildman–Crippen MR) is 39.5 cm³/mol. The topological polar surface area (TPSA) is 172 Å². The summed E-state index contributed by atoms with van der Waals surface area (Å²) >= 11 is 0. The Kier molecular flexibility index (Phi) is 417. The molecule has 8 N–H and O–H groups in total. The van der Waals surface area contributed by atoms with Crippen LogP contribution in [0.4, 0.5) is 0 Å². The van der Waals surface area contributed by atoms with Crippen molar-refractivity contribution in [2.45, 2.75) is 0 Å². The van der Waals surface area contributed by atoms with E-state index in [-0.39, 0.29) is 39.0 Å². The van der Waals surface area contributed by atoms with E-state index in [0.717, 1.165) is 25.6 Å². The van der Waals surface area contributed by atoms with E-state index in [1.54, 1.807) is 0 Å². The van der Waals surface area contributed by atoms with Crippen molar-refractivity contribution in [3.8, 4) is 0 Å². The Hall–Kier alpha value is -0.873. The molecular formula is C4H8N4O4Rh2. The van der Waals surface area contributed by atoms with Gasteiger partial charge in [0.1, 0.15) is 0 Å². The van der Waals surface area contributed by atoms with Crippen LogP contribution in [0, 0.1) is 0 Å². The number of nitrogens with two attached hydrogens (primary N) is 4. The van der Waals surface area contributed by atoms with Gasteiger partial charge in [-0.1, -0.05) is 0 Å². The SMILES string of the molecule is N[C-]=O.N[C-]=O.N[C-]=O.N[C-]=O.[Rh+2].[Rh+2]. The van der Waals surface area contributed by atoms with Gasteiger partial charge in [0.25, 0.3) is 0 Å². The van der Waals surface area contributed by atoms with Crippen LogP contribution in [0.15, 0.2) is 0 Å². The Bertz CT molecular complexity index is 81.3. The van der Waals surface area contributed by atoms with Crippen LogP contribution >= 0.6 is 0 Å². The van der Waals surface area contributed by atoms with Crippen molar-refractivity contribution in [2.75, 3.05) is 0 Å². The summed E-state index contributed by atoms with van der Waals surface area (Å²) in [6.07, 6.45) is 4.00. The van der Waals surface area contributed by atoms with Gasteiger partial charge in [-0.2, -0.15) is 25.6 Å². The molecule has 0 heterocycles. The quantitative estimate of drug-likeness (QED) is 0.190. The number of primary amides is 4. The van der Waals surface area contributed by atoms with Gasteiger partial charge in [-0.25, -0.2) is 0 Å². The van der Waals surface area contributed by atoms with Crippen molar-refractivity contribution < 1.29 is 58.1 Å². The second-order valence-corrected chi connectivity index (χ2v) is 0.471. The summed E-state index contributed by atoms with van der Waals surface area (Å²) in [5.74, 6) is 0. The molecule has 0 bridgehead atoms. The van der Waals surface area contributed by atoms with Crippen LogP contribution in [0.3, 0.4) is 0 Å². The minimum Gasteiger partial charge on any atom is -0.543 e. The molecule has 10 heteroatoms. The summed E-state index contributed by atoms with van der Waals surface area (Å²) in [6.45, 7) is 0. The number of hydrogen-bond donors (Lipinski definition) is 4. The van der Waals surface area contributed by atoms with Gasteiger partial charge in [-0.3, -0.25) is 0 Å². The molecule has 2 radical (unpaired) electrons. The number of rotatable bonds is 0. The first-order valence-electron chi connectivity index (χ1n) is 1.97. The van der Waals surface area contributed by atoms with E-state index < -0.39 is 0 Å². The van der Waals surface area contributed by atoms with E-state index in [9.17, 15) is 0 Å². The van der Waals surface area contributed by atoms with Gasteiger partial charge in [0.15, 0.2) is 0 Å². The molecule has 0 saturated heterocycles. The number of amides is 4. The normalized spacial score (nSPS) is 3.43. The monoisotopic (exact) mass is 382 g/mol. The minimum absolute atomic E-state index is 0. The van der Waals surface area contributed by atoms with Gasteiger partial charge in [-0.05, 0) is 0 Å². The molecule has 0 atom stereocenters. The molecule has 0 saturated carbocycles. The summed E-state index contributed by atoms with van der Waals surface area (Å²) in [5, 5.41) is 0. The van der Waals surface area contributed by atoms with Crippen molar-refractivity contribution >= 4 is 25.6 Å². The van der Waals surface area contributed by atoms with Gasteiger partial charge in [-0.15, -0.1) is 0 Å². The van der Waals surface area contributed by atoms with Gasteiger partial charge in [0, 0.05) is 0 Å². The third-order valence-corrected chi connectivity index (χ3v) is 0. The van der Waals surface area contributed by atoms with Crippen molar-refractivity contribution in [3.63, 3.8) is 0 Å². The van der Waals surface area contributed by atoms with Crippen LogP contribution in [0.5, 0.6) is 0 Å². The van der Waals surface area contributed by atoms with Gasteiger partial charge in [0.05, 0.1) is 0 Å². The zero-order valence-corrected chi connectivity index (χ0v) is 9.89. The fraction of sp³-hybridized carbons (Fsp3) is 0. The van der Waals surface area contributed by atoms with Gasteiger partial charge < -0.3 is 42.1 Å². The molecule has 0 spiro atoms. The molecule has 14 heavy (non-hydrogen) atoms. The van der Waals surface area contributed by atoms with Crippen molar-refractivity contribution in [1.82, 2.24) is 0 Å². The van der Waals surface area contributed by atoms with E-state index in [1.807, 2.05) is 0 Å². The largest absolute Gasteiger partial charge is 2.00 e. The average Bonchev–Trinajstić information content (AvgIpc) is 1.92. The Morgan fingerprint density at radius 1 is 0.500 bits per heavy atom. The van der Waals surface area contributed by atoms with Crippen LogP contribution in [-0.4, -0.2) is 25.6 Å². The molecule has 8 nitrogen and oxygen atoms in total. The van der Waals surface area contributed by atoms with E-state index in [0.29, 0.717) is 0 Å². The third-order valence-electron chi connectivity index (χ3n) is 0. The third kappa shape index (κ3) is 1500. The Balaban J connectivity index is -0.0000000145. The maximum Gasteiger partial charge on any atom is 2.00 e. The summed E-state index contributed by atoms with van der Waals surface area (Å²) in [5.41, 5.74) is 16.2. The predicted octanol–water partition coefficient (Wildman–Crippen LogP) is -3.96. The summed E-state index contributed by atoms with van der Waals surface area (Å²) in [6, 6.07) is 0. The standard InChI is InChI=1S/4CH2NO.2Rh/c4*2-1-3;;/h4*(H2,2,3);;/q4*-1;2*+2. The molecule has 0 aromatic carbocycles. The van der Waals surface area contributed by atoms with Crippen LogP contribution in [-0.2, 0) is 58.1 Å². The zero-order valence-electron chi connectivity index (χ0n) is 6.61. The first kappa shape index (κ1) is 38.0.